The van der Waals surface area contributed by atoms with Gasteiger partial charge in [0.2, 0.25) is 5.91 Å². The van der Waals surface area contributed by atoms with Gasteiger partial charge in [-0.3, -0.25) is 4.79 Å². The fourth-order valence-corrected chi connectivity index (χ4v) is 3.29. The Kier molecular flexibility index (Phi) is 2.46. The summed E-state index contributed by atoms with van der Waals surface area (Å²) in [4.78, 5) is 11.7. The van der Waals surface area contributed by atoms with Crippen molar-refractivity contribution in [1.82, 2.24) is 5.32 Å². The van der Waals surface area contributed by atoms with Gasteiger partial charge in [0.1, 0.15) is 0 Å². The molecule has 1 N–H and O–H groups in total. The van der Waals surface area contributed by atoms with E-state index in [1.165, 1.54) is 25.7 Å². The van der Waals surface area contributed by atoms with E-state index in [1.54, 1.807) is 0 Å². The maximum absolute atomic E-state index is 12.7. The molecular formula is C13H19F2NO. The molecule has 96 valence electrons. The van der Waals surface area contributed by atoms with Crippen LogP contribution in [0, 0.1) is 11.8 Å². The molecule has 1 amide bonds. The number of rotatable bonds is 4. The van der Waals surface area contributed by atoms with Crippen LogP contribution in [0.3, 0.4) is 0 Å². The summed E-state index contributed by atoms with van der Waals surface area (Å²) >= 11 is 0. The standard InChI is InChI=1S/C13H19F2NO/c14-13(15)8-10(13)7-11(17)16-12(5-6-12)9-3-1-2-4-9/h9-10H,1-8H2,(H,16,17)/t10-/m1/s1. The molecule has 0 aromatic carbocycles. The number of carbonyl (C=O) groups excluding carboxylic acids is 1. The van der Waals surface area contributed by atoms with Gasteiger partial charge in [-0.2, -0.15) is 0 Å². The highest BCUT2D eigenvalue weighted by atomic mass is 19.3. The van der Waals surface area contributed by atoms with Crippen molar-refractivity contribution in [2.75, 3.05) is 0 Å². The Bertz CT molecular complexity index is 332. The molecule has 3 fully saturated rings. The Hall–Kier alpha value is -0.670. The van der Waals surface area contributed by atoms with Gasteiger partial charge in [-0.1, -0.05) is 12.8 Å². The lowest BCUT2D eigenvalue weighted by atomic mass is 9.95. The average molecular weight is 243 g/mol. The van der Waals surface area contributed by atoms with Gasteiger partial charge in [0.25, 0.3) is 5.92 Å². The molecular weight excluding hydrogens is 224 g/mol. The Balaban J connectivity index is 1.51. The van der Waals surface area contributed by atoms with Crippen molar-refractivity contribution >= 4 is 5.91 Å². The Labute approximate surface area is 100 Å². The van der Waals surface area contributed by atoms with Crippen LogP contribution in [0.15, 0.2) is 0 Å². The third-order valence-corrected chi connectivity index (χ3v) is 4.70. The normalized spacial score (nSPS) is 33.4. The third kappa shape index (κ3) is 2.18. The molecule has 3 rings (SSSR count). The number of hydrogen-bond acceptors (Lipinski definition) is 1. The minimum atomic E-state index is -2.57. The minimum Gasteiger partial charge on any atom is -0.350 e. The molecule has 3 aliphatic carbocycles. The number of alkyl halides is 2. The molecule has 0 saturated heterocycles. The van der Waals surface area contributed by atoms with Crippen LogP contribution >= 0.6 is 0 Å². The molecule has 0 spiro atoms. The minimum absolute atomic E-state index is 0.00222. The van der Waals surface area contributed by atoms with Gasteiger partial charge in [-0.15, -0.1) is 0 Å². The molecule has 17 heavy (non-hydrogen) atoms. The Morgan fingerprint density at radius 3 is 2.29 bits per heavy atom. The van der Waals surface area contributed by atoms with Crippen LogP contribution < -0.4 is 5.32 Å². The van der Waals surface area contributed by atoms with E-state index in [9.17, 15) is 13.6 Å². The van der Waals surface area contributed by atoms with Crippen LogP contribution in [0.2, 0.25) is 0 Å². The average Bonchev–Trinajstić information content (AvgIpc) is 3.05. The number of carbonyl (C=O) groups is 1. The van der Waals surface area contributed by atoms with E-state index in [0.29, 0.717) is 5.92 Å². The van der Waals surface area contributed by atoms with Crippen LogP contribution in [0.1, 0.15) is 51.4 Å². The van der Waals surface area contributed by atoms with E-state index in [1.807, 2.05) is 0 Å². The predicted octanol–water partition coefficient (Wildman–Crippen LogP) is 2.87. The molecule has 2 nitrogen and oxygen atoms in total. The maximum Gasteiger partial charge on any atom is 0.252 e. The first-order chi connectivity index (χ1) is 8.02. The van der Waals surface area contributed by atoms with Gasteiger partial charge < -0.3 is 5.32 Å². The number of nitrogens with one attached hydrogen (secondary N) is 1. The van der Waals surface area contributed by atoms with Gasteiger partial charge in [0, 0.05) is 24.3 Å². The van der Waals surface area contributed by atoms with Crippen molar-refractivity contribution < 1.29 is 13.6 Å². The zero-order valence-corrected chi connectivity index (χ0v) is 9.98. The van der Waals surface area contributed by atoms with Crippen LogP contribution in [0.4, 0.5) is 8.78 Å². The zero-order chi connectivity index (χ0) is 12.1. The van der Waals surface area contributed by atoms with E-state index in [-0.39, 0.29) is 24.3 Å². The molecule has 0 radical (unpaired) electrons. The van der Waals surface area contributed by atoms with Gasteiger partial charge in [-0.05, 0) is 31.6 Å². The molecule has 0 aliphatic heterocycles. The number of hydrogen-bond donors (Lipinski definition) is 1. The summed E-state index contributed by atoms with van der Waals surface area (Å²) in [6, 6.07) is 0. The molecule has 1 atom stereocenters. The summed E-state index contributed by atoms with van der Waals surface area (Å²) < 4.78 is 25.5. The van der Waals surface area contributed by atoms with Crippen LogP contribution in [-0.4, -0.2) is 17.4 Å². The molecule has 3 saturated carbocycles. The highest BCUT2D eigenvalue weighted by molar-refractivity contribution is 5.78. The Morgan fingerprint density at radius 1 is 1.24 bits per heavy atom. The smallest absolute Gasteiger partial charge is 0.252 e. The lowest BCUT2D eigenvalue weighted by Crippen LogP contribution is -2.42. The highest BCUT2D eigenvalue weighted by Gasteiger charge is 2.58. The summed E-state index contributed by atoms with van der Waals surface area (Å²) in [5, 5.41) is 3.05. The van der Waals surface area contributed by atoms with E-state index in [2.05, 4.69) is 5.32 Å². The fourth-order valence-electron chi connectivity index (χ4n) is 3.29. The van der Waals surface area contributed by atoms with E-state index in [0.717, 1.165) is 12.8 Å². The maximum atomic E-state index is 12.7. The van der Waals surface area contributed by atoms with Gasteiger partial charge in [-0.25, -0.2) is 8.78 Å². The highest BCUT2D eigenvalue weighted by Crippen LogP contribution is 2.52. The van der Waals surface area contributed by atoms with Crippen molar-refractivity contribution in [3.63, 3.8) is 0 Å². The van der Waals surface area contributed by atoms with Crippen molar-refractivity contribution in [2.45, 2.75) is 62.8 Å². The number of amides is 1. The first-order valence-electron chi connectivity index (χ1n) is 6.71. The third-order valence-electron chi connectivity index (χ3n) is 4.70. The molecule has 0 aromatic heterocycles. The monoisotopic (exact) mass is 243 g/mol. The first kappa shape index (κ1) is 11.4. The van der Waals surface area contributed by atoms with Crippen LogP contribution in [-0.2, 0) is 4.79 Å². The molecule has 0 heterocycles. The molecule has 0 bridgehead atoms. The fraction of sp³-hybridized carbons (Fsp3) is 0.923. The zero-order valence-electron chi connectivity index (χ0n) is 9.98. The summed E-state index contributed by atoms with van der Waals surface area (Å²) in [6.45, 7) is 0. The van der Waals surface area contributed by atoms with Crippen molar-refractivity contribution in [1.29, 1.82) is 0 Å². The topological polar surface area (TPSA) is 29.1 Å². The number of halogens is 2. The SMILES string of the molecule is O=C(C[C@@H]1CC1(F)F)NC1(C2CCCC2)CC1. The van der Waals surface area contributed by atoms with E-state index in [4.69, 9.17) is 0 Å². The molecule has 0 unspecified atom stereocenters. The predicted molar refractivity (Wildman–Crippen MR) is 59.7 cm³/mol. The summed E-state index contributed by atoms with van der Waals surface area (Å²) in [5.74, 6) is -2.81. The second-order valence-corrected chi connectivity index (χ2v) is 6.05. The lowest BCUT2D eigenvalue weighted by molar-refractivity contribution is -0.123. The van der Waals surface area contributed by atoms with Gasteiger partial charge >= 0.3 is 0 Å². The van der Waals surface area contributed by atoms with E-state index < -0.39 is 11.8 Å². The second kappa shape index (κ2) is 3.66. The second-order valence-electron chi connectivity index (χ2n) is 6.05. The molecule has 3 aliphatic rings. The van der Waals surface area contributed by atoms with Crippen molar-refractivity contribution in [2.24, 2.45) is 11.8 Å². The first-order valence-corrected chi connectivity index (χ1v) is 6.71. The summed E-state index contributed by atoms with van der Waals surface area (Å²) in [5.41, 5.74) is -0.00222. The molecule has 0 aromatic rings. The van der Waals surface area contributed by atoms with Gasteiger partial charge in [0.05, 0.1) is 0 Å². The van der Waals surface area contributed by atoms with Crippen LogP contribution in [0.25, 0.3) is 0 Å². The van der Waals surface area contributed by atoms with E-state index >= 15 is 0 Å². The van der Waals surface area contributed by atoms with Crippen LogP contribution in [0.5, 0.6) is 0 Å². The quantitative estimate of drug-likeness (QED) is 0.808. The molecule has 4 heteroatoms. The Morgan fingerprint density at radius 2 is 1.82 bits per heavy atom. The summed E-state index contributed by atoms with van der Waals surface area (Å²) in [6.07, 6.45) is 6.90. The van der Waals surface area contributed by atoms with Crippen molar-refractivity contribution in [3.8, 4) is 0 Å². The van der Waals surface area contributed by atoms with Gasteiger partial charge in [0.15, 0.2) is 0 Å². The largest absolute Gasteiger partial charge is 0.350 e. The van der Waals surface area contributed by atoms with Crippen molar-refractivity contribution in [3.05, 3.63) is 0 Å². The summed E-state index contributed by atoms with van der Waals surface area (Å²) in [7, 11) is 0. The lowest BCUT2D eigenvalue weighted by Gasteiger charge is -2.24.